The van der Waals surface area contributed by atoms with Crippen LogP contribution >= 0.6 is 0 Å². The summed E-state index contributed by atoms with van der Waals surface area (Å²) in [6, 6.07) is 7.96. The Hall–Kier alpha value is -2.38. The molecule has 2 aromatic rings. The number of ether oxygens (including phenoxy) is 2. The first-order chi connectivity index (χ1) is 14.7. The molecule has 1 fully saturated rings. The zero-order valence-electron chi connectivity index (χ0n) is 18.1. The first kappa shape index (κ1) is 20.9. The Balaban J connectivity index is 1.26. The van der Waals surface area contributed by atoms with E-state index in [1.54, 1.807) is 7.11 Å². The summed E-state index contributed by atoms with van der Waals surface area (Å²) in [5, 5.41) is 4.84. The standard InChI is InChI=1S/C23H32N4O3/c1-3-27-22-10-15-30-17-20(22)21(24-27)16-25-11-13-26(14-12-25)23(28)9-6-18-4-7-19(29-2)8-5-18/h4-5,7-8H,3,6,9-17H2,1-2H3. The molecule has 0 aliphatic carbocycles. The van der Waals surface area contributed by atoms with Crippen LogP contribution in [0.1, 0.15) is 35.9 Å². The Kier molecular flexibility index (Phi) is 6.69. The second-order valence-corrected chi connectivity index (χ2v) is 8.00. The molecule has 0 saturated carbocycles. The molecular formula is C23H32N4O3. The van der Waals surface area contributed by atoms with E-state index in [-0.39, 0.29) is 5.91 Å². The molecule has 3 heterocycles. The predicted octanol–water partition coefficient (Wildman–Crippen LogP) is 2.26. The van der Waals surface area contributed by atoms with E-state index in [0.29, 0.717) is 13.0 Å². The van der Waals surface area contributed by atoms with Crippen LogP contribution in [0, 0.1) is 0 Å². The van der Waals surface area contributed by atoms with Crippen LogP contribution in [0.3, 0.4) is 0 Å². The van der Waals surface area contributed by atoms with Gasteiger partial charge in [-0.3, -0.25) is 14.4 Å². The maximum Gasteiger partial charge on any atom is 0.222 e. The minimum absolute atomic E-state index is 0.242. The van der Waals surface area contributed by atoms with Crippen LogP contribution < -0.4 is 4.74 Å². The van der Waals surface area contributed by atoms with Gasteiger partial charge < -0.3 is 14.4 Å². The number of nitrogens with zero attached hydrogens (tertiary/aromatic N) is 4. The fourth-order valence-corrected chi connectivity index (χ4v) is 4.34. The van der Waals surface area contributed by atoms with Gasteiger partial charge in [-0.15, -0.1) is 0 Å². The lowest BCUT2D eigenvalue weighted by Gasteiger charge is -2.34. The highest BCUT2D eigenvalue weighted by Crippen LogP contribution is 2.23. The zero-order valence-corrected chi connectivity index (χ0v) is 18.1. The average molecular weight is 413 g/mol. The van der Waals surface area contributed by atoms with E-state index in [2.05, 4.69) is 16.5 Å². The average Bonchev–Trinajstić information content (AvgIpc) is 3.16. The summed E-state index contributed by atoms with van der Waals surface area (Å²) in [7, 11) is 1.66. The lowest BCUT2D eigenvalue weighted by Crippen LogP contribution is -2.48. The van der Waals surface area contributed by atoms with Crippen molar-refractivity contribution >= 4 is 5.91 Å². The van der Waals surface area contributed by atoms with Gasteiger partial charge >= 0.3 is 0 Å². The van der Waals surface area contributed by atoms with Crippen molar-refractivity contribution in [2.45, 2.75) is 45.9 Å². The van der Waals surface area contributed by atoms with Crippen molar-refractivity contribution in [2.24, 2.45) is 0 Å². The van der Waals surface area contributed by atoms with Gasteiger partial charge in [0.15, 0.2) is 0 Å². The van der Waals surface area contributed by atoms with Gasteiger partial charge in [0.05, 0.1) is 26.0 Å². The highest BCUT2D eigenvalue weighted by Gasteiger charge is 2.25. The maximum absolute atomic E-state index is 12.6. The molecular weight excluding hydrogens is 380 g/mol. The zero-order chi connectivity index (χ0) is 20.9. The fourth-order valence-electron chi connectivity index (χ4n) is 4.34. The summed E-state index contributed by atoms with van der Waals surface area (Å²) < 4.78 is 13.0. The predicted molar refractivity (Wildman–Crippen MR) is 114 cm³/mol. The van der Waals surface area contributed by atoms with Crippen molar-refractivity contribution in [3.8, 4) is 5.75 Å². The second kappa shape index (κ2) is 9.62. The quantitative estimate of drug-likeness (QED) is 0.698. The second-order valence-electron chi connectivity index (χ2n) is 8.00. The third-order valence-electron chi connectivity index (χ3n) is 6.16. The van der Waals surface area contributed by atoms with E-state index in [1.807, 2.05) is 29.2 Å². The molecule has 2 aliphatic heterocycles. The molecule has 0 atom stereocenters. The fraction of sp³-hybridized carbons (Fsp3) is 0.565. The number of carbonyl (C=O) groups excluding carboxylic acids is 1. The molecule has 2 aliphatic rings. The van der Waals surface area contributed by atoms with Gasteiger partial charge in [-0.2, -0.15) is 5.10 Å². The molecule has 0 unspecified atom stereocenters. The number of fused-ring (bicyclic) bond motifs is 1. The van der Waals surface area contributed by atoms with Crippen molar-refractivity contribution in [3.63, 3.8) is 0 Å². The summed E-state index contributed by atoms with van der Waals surface area (Å²) >= 11 is 0. The van der Waals surface area contributed by atoms with Gasteiger partial charge in [0, 0.05) is 63.4 Å². The van der Waals surface area contributed by atoms with Gasteiger partial charge in [-0.1, -0.05) is 12.1 Å². The van der Waals surface area contributed by atoms with Crippen LogP contribution in [0.4, 0.5) is 0 Å². The van der Waals surface area contributed by atoms with Crippen molar-refractivity contribution in [1.82, 2.24) is 19.6 Å². The molecule has 0 radical (unpaired) electrons. The lowest BCUT2D eigenvalue weighted by atomic mass is 10.1. The number of hydrogen-bond acceptors (Lipinski definition) is 5. The minimum atomic E-state index is 0.242. The number of aryl methyl sites for hydroxylation is 2. The summed E-state index contributed by atoms with van der Waals surface area (Å²) in [4.78, 5) is 17.1. The van der Waals surface area contributed by atoms with Crippen LogP contribution in [0.5, 0.6) is 5.75 Å². The van der Waals surface area contributed by atoms with E-state index >= 15 is 0 Å². The molecule has 0 bridgehead atoms. The number of rotatable bonds is 7. The highest BCUT2D eigenvalue weighted by atomic mass is 16.5. The maximum atomic E-state index is 12.6. The first-order valence-corrected chi connectivity index (χ1v) is 11.0. The summed E-state index contributed by atoms with van der Waals surface area (Å²) in [6.07, 6.45) is 2.27. The molecule has 7 heteroatoms. The van der Waals surface area contributed by atoms with Gasteiger partial charge in [0.2, 0.25) is 5.91 Å². The molecule has 1 saturated heterocycles. The Morgan fingerprint density at radius 2 is 1.93 bits per heavy atom. The molecule has 30 heavy (non-hydrogen) atoms. The number of methoxy groups -OCH3 is 1. The van der Waals surface area contributed by atoms with Gasteiger partial charge in [0.1, 0.15) is 5.75 Å². The van der Waals surface area contributed by atoms with E-state index in [9.17, 15) is 4.79 Å². The number of aromatic nitrogens is 2. The molecule has 0 N–H and O–H groups in total. The first-order valence-electron chi connectivity index (χ1n) is 11.0. The Bertz CT molecular complexity index is 854. The molecule has 1 amide bonds. The van der Waals surface area contributed by atoms with Gasteiger partial charge in [-0.25, -0.2) is 0 Å². The van der Waals surface area contributed by atoms with Crippen molar-refractivity contribution in [2.75, 3.05) is 39.9 Å². The van der Waals surface area contributed by atoms with Gasteiger partial charge in [-0.05, 0) is 31.0 Å². The number of benzene rings is 1. The van der Waals surface area contributed by atoms with Crippen LogP contribution in [-0.2, 0) is 42.1 Å². The normalized spacial score (nSPS) is 17.1. The Morgan fingerprint density at radius 3 is 2.63 bits per heavy atom. The van der Waals surface area contributed by atoms with E-state index in [1.165, 1.54) is 16.8 Å². The molecule has 1 aromatic carbocycles. The molecule has 162 valence electrons. The topological polar surface area (TPSA) is 59.8 Å². The summed E-state index contributed by atoms with van der Waals surface area (Å²) in [6.45, 7) is 8.70. The Morgan fingerprint density at radius 1 is 1.17 bits per heavy atom. The Labute approximate surface area is 178 Å². The highest BCUT2D eigenvalue weighted by molar-refractivity contribution is 5.76. The SMILES string of the molecule is CCn1nc(CN2CCN(C(=O)CCc3ccc(OC)cc3)CC2)c2c1CCOC2. The smallest absolute Gasteiger partial charge is 0.222 e. The van der Waals surface area contributed by atoms with E-state index < -0.39 is 0 Å². The summed E-state index contributed by atoms with van der Waals surface area (Å²) in [5.74, 6) is 1.09. The number of amides is 1. The van der Waals surface area contributed by atoms with Crippen LogP contribution in [0.15, 0.2) is 24.3 Å². The van der Waals surface area contributed by atoms with Gasteiger partial charge in [0.25, 0.3) is 0 Å². The molecule has 4 rings (SSSR count). The largest absolute Gasteiger partial charge is 0.497 e. The molecule has 0 spiro atoms. The number of piperazine rings is 1. The molecule has 1 aromatic heterocycles. The van der Waals surface area contributed by atoms with E-state index in [4.69, 9.17) is 14.6 Å². The summed E-state index contributed by atoms with van der Waals surface area (Å²) in [5.41, 5.74) is 4.93. The van der Waals surface area contributed by atoms with Crippen molar-refractivity contribution in [3.05, 3.63) is 46.8 Å². The third-order valence-corrected chi connectivity index (χ3v) is 6.16. The van der Waals surface area contributed by atoms with Crippen LogP contribution in [-0.4, -0.2) is 65.4 Å². The van der Waals surface area contributed by atoms with Crippen LogP contribution in [0.2, 0.25) is 0 Å². The molecule has 7 nitrogen and oxygen atoms in total. The number of hydrogen-bond donors (Lipinski definition) is 0. The van der Waals surface area contributed by atoms with Crippen molar-refractivity contribution < 1.29 is 14.3 Å². The van der Waals surface area contributed by atoms with Crippen molar-refractivity contribution in [1.29, 1.82) is 0 Å². The monoisotopic (exact) mass is 412 g/mol. The van der Waals surface area contributed by atoms with E-state index in [0.717, 1.165) is 70.2 Å². The van der Waals surface area contributed by atoms with Crippen LogP contribution in [0.25, 0.3) is 0 Å². The number of carbonyl (C=O) groups is 1. The third kappa shape index (κ3) is 4.68. The minimum Gasteiger partial charge on any atom is -0.497 e. The lowest BCUT2D eigenvalue weighted by molar-refractivity contribution is -0.133.